The van der Waals surface area contributed by atoms with Crippen LogP contribution in [0.5, 0.6) is 5.75 Å². The maximum absolute atomic E-state index is 12.8. The first-order chi connectivity index (χ1) is 16.5. The molecular formula is C24H25ClN6O3. The molecule has 34 heavy (non-hydrogen) atoms. The van der Waals surface area contributed by atoms with Crippen LogP contribution in [0.15, 0.2) is 36.8 Å². The number of benzene rings is 1. The average molecular weight is 481 g/mol. The number of halogens is 1. The fraction of sp³-hybridized carbons (Fsp3) is 0.417. The Morgan fingerprint density at radius 1 is 1.18 bits per heavy atom. The molecule has 1 spiro atoms. The molecule has 2 aromatic heterocycles. The Labute approximate surface area is 201 Å². The molecule has 1 aromatic carbocycles. The third kappa shape index (κ3) is 3.64. The van der Waals surface area contributed by atoms with Gasteiger partial charge in [-0.25, -0.2) is 15.0 Å². The monoisotopic (exact) mass is 480 g/mol. The maximum Gasteiger partial charge on any atom is 0.235 e. The molecule has 3 aliphatic rings. The zero-order chi connectivity index (χ0) is 23.3. The average Bonchev–Trinajstić information content (AvgIpc) is 3.08. The summed E-state index contributed by atoms with van der Waals surface area (Å²) in [6.07, 6.45) is 4.42. The quantitative estimate of drug-likeness (QED) is 0.573. The predicted molar refractivity (Wildman–Crippen MR) is 128 cm³/mol. The number of nitrogens with zero attached hydrogens (tertiary/aromatic N) is 5. The fourth-order valence-electron chi connectivity index (χ4n) is 5.18. The molecule has 2 N–H and O–H groups in total. The number of ether oxygens (including phenoxy) is 1. The van der Waals surface area contributed by atoms with Gasteiger partial charge < -0.3 is 20.1 Å². The van der Waals surface area contributed by atoms with Crippen molar-refractivity contribution in [3.63, 3.8) is 0 Å². The summed E-state index contributed by atoms with van der Waals surface area (Å²) in [5.41, 5.74) is 2.85. The Hall–Kier alpha value is -3.01. The van der Waals surface area contributed by atoms with Crippen LogP contribution >= 0.6 is 11.6 Å². The highest BCUT2D eigenvalue weighted by Crippen LogP contribution is 2.45. The number of β-amino-alcohol motifs (C(OH)–C–C–N with tert-alkyl or cyclic N) is 1. The van der Waals surface area contributed by atoms with Crippen molar-refractivity contribution in [1.29, 1.82) is 0 Å². The third-order valence-corrected chi connectivity index (χ3v) is 7.39. The number of piperidine rings is 1. The Balaban J connectivity index is 1.06. The van der Waals surface area contributed by atoms with Crippen LogP contribution in [0.25, 0.3) is 11.0 Å². The van der Waals surface area contributed by atoms with Crippen molar-refractivity contribution in [1.82, 2.24) is 19.9 Å². The molecule has 0 atom stereocenters. The zero-order valence-electron chi connectivity index (χ0n) is 18.6. The predicted octanol–water partition coefficient (Wildman–Crippen LogP) is 2.22. The molecule has 3 aliphatic heterocycles. The van der Waals surface area contributed by atoms with E-state index in [4.69, 9.17) is 16.3 Å². The summed E-state index contributed by atoms with van der Waals surface area (Å²) in [6, 6.07) is 7.51. The van der Waals surface area contributed by atoms with Gasteiger partial charge in [-0.3, -0.25) is 9.69 Å². The van der Waals surface area contributed by atoms with Crippen molar-refractivity contribution in [3.8, 4) is 5.75 Å². The topological polar surface area (TPSA) is 104 Å². The number of aliphatic hydroxyl groups excluding tert-OH is 1. The Kier molecular flexibility index (Phi) is 5.28. The number of carbonyl (C=O) groups excluding carboxylic acids is 1. The Morgan fingerprint density at radius 3 is 2.79 bits per heavy atom. The van der Waals surface area contributed by atoms with E-state index >= 15 is 0 Å². The van der Waals surface area contributed by atoms with Crippen molar-refractivity contribution in [2.45, 2.75) is 24.4 Å². The number of nitrogens with one attached hydrogen (secondary N) is 1. The summed E-state index contributed by atoms with van der Waals surface area (Å²) < 4.78 is 5.97. The molecule has 10 heteroatoms. The first-order valence-corrected chi connectivity index (χ1v) is 11.9. The van der Waals surface area contributed by atoms with Crippen molar-refractivity contribution < 1.29 is 14.6 Å². The molecule has 0 aliphatic carbocycles. The van der Waals surface area contributed by atoms with Gasteiger partial charge in [0.2, 0.25) is 5.91 Å². The van der Waals surface area contributed by atoms with Gasteiger partial charge in [0.25, 0.3) is 0 Å². The lowest BCUT2D eigenvalue weighted by molar-refractivity contribution is -0.122. The minimum atomic E-state index is -0.482. The van der Waals surface area contributed by atoms with Gasteiger partial charge in [0.1, 0.15) is 24.2 Å². The smallest absolute Gasteiger partial charge is 0.235 e. The van der Waals surface area contributed by atoms with Crippen molar-refractivity contribution in [3.05, 3.63) is 47.4 Å². The van der Waals surface area contributed by atoms with E-state index in [-0.39, 0.29) is 12.0 Å². The second-order valence-electron chi connectivity index (χ2n) is 9.21. The molecule has 0 saturated carbocycles. The summed E-state index contributed by atoms with van der Waals surface area (Å²) in [5, 5.41) is 13.3. The molecule has 1 amide bonds. The Bertz CT molecular complexity index is 1260. The molecule has 3 aromatic rings. The largest absolute Gasteiger partial charge is 0.491 e. The van der Waals surface area contributed by atoms with E-state index in [9.17, 15) is 9.90 Å². The first-order valence-electron chi connectivity index (χ1n) is 11.5. The van der Waals surface area contributed by atoms with Crippen LogP contribution in [0.3, 0.4) is 0 Å². The number of hydrogen-bond donors (Lipinski definition) is 2. The number of rotatable bonds is 5. The highest BCUT2D eigenvalue weighted by molar-refractivity contribution is 6.31. The van der Waals surface area contributed by atoms with E-state index in [1.54, 1.807) is 6.20 Å². The number of likely N-dealkylation sites (tertiary alicyclic amines) is 1. The van der Waals surface area contributed by atoms with E-state index in [0.717, 1.165) is 49.5 Å². The number of pyridine rings is 1. The number of amides is 1. The minimum Gasteiger partial charge on any atom is -0.491 e. The lowest BCUT2D eigenvalue weighted by atomic mass is 9.73. The first kappa shape index (κ1) is 21.5. The molecule has 2 fully saturated rings. The van der Waals surface area contributed by atoms with E-state index < -0.39 is 5.41 Å². The van der Waals surface area contributed by atoms with Gasteiger partial charge in [0, 0.05) is 36.4 Å². The number of anilines is 2. The van der Waals surface area contributed by atoms with Crippen LogP contribution in [0.2, 0.25) is 5.02 Å². The van der Waals surface area contributed by atoms with Crippen molar-refractivity contribution in [2.75, 3.05) is 49.5 Å². The van der Waals surface area contributed by atoms with Gasteiger partial charge in [-0.15, -0.1) is 0 Å². The van der Waals surface area contributed by atoms with Gasteiger partial charge >= 0.3 is 0 Å². The molecular weight excluding hydrogens is 456 g/mol. The van der Waals surface area contributed by atoms with Crippen molar-refractivity contribution in [2.24, 2.45) is 0 Å². The molecule has 5 heterocycles. The lowest BCUT2D eigenvalue weighted by Gasteiger charge is -2.38. The number of aliphatic hydroxyl groups is 1. The molecule has 176 valence electrons. The molecule has 6 rings (SSSR count). The second-order valence-corrected chi connectivity index (χ2v) is 9.65. The zero-order valence-corrected chi connectivity index (χ0v) is 19.3. The van der Waals surface area contributed by atoms with E-state index in [0.29, 0.717) is 41.5 Å². The number of carbonyl (C=O) groups is 1. The third-order valence-electron chi connectivity index (χ3n) is 7.16. The molecule has 9 nitrogen and oxygen atoms in total. The van der Waals surface area contributed by atoms with Crippen LogP contribution in [-0.2, 0) is 10.2 Å². The highest BCUT2D eigenvalue weighted by atomic mass is 35.5. The second kappa shape index (κ2) is 8.33. The SMILES string of the molecule is O=C1Nc2ccc(Cl)cc2C12CCN(CCOc1cnc3c(N4CC(O)C4)ncnc3c1)CC2. The highest BCUT2D eigenvalue weighted by Gasteiger charge is 2.48. The molecule has 0 bridgehead atoms. The van der Waals surface area contributed by atoms with Gasteiger partial charge in [0.15, 0.2) is 5.82 Å². The molecule has 2 saturated heterocycles. The van der Waals surface area contributed by atoms with Crippen LogP contribution < -0.4 is 15.0 Å². The molecule has 0 unspecified atom stereocenters. The fourth-order valence-corrected chi connectivity index (χ4v) is 5.36. The van der Waals surface area contributed by atoms with Crippen molar-refractivity contribution >= 4 is 40.0 Å². The minimum absolute atomic E-state index is 0.0806. The number of aromatic nitrogens is 3. The summed E-state index contributed by atoms with van der Waals surface area (Å²) in [4.78, 5) is 30.3. The van der Waals surface area contributed by atoms with Gasteiger partial charge in [-0.2, -0.15) is 0 Å². The maximum atomic E-state index is 12.8. The van der Waals surface area contributed by atoms with Gasteiger partial charge in [-0.05, 0) is 49.7 Å². The normalized spacial score (nSPS) is 19.8. The van der Waals surface area contributed by atoms with Gasteiger partial charge in [0.05, 0.1) is 23.2 Å². The Morgan fingerprint density at radius 2 is 2.00 bits per heavy atom. The summed E-state index contributed by atoms with van der Waals surface area (Å²) >= 11 is 6.21. The summed E-state index contributed by atoms with van der Waals surface area (Å²) in [6.45, 7) is 4.03. The standard InChI is InChI=1S/C24H25ClN6O3/c25-15-1-2-19-18(9-15)24(23(33)29-19)3-5-30(6-4-24)7-8-34-17-10-20-21(26-11-17)22(28-14-27-20)31-12-16(32)13-31/h1-2,9-11,14,16,32H,3-8,12-13H2,(H,29,33). The van der Waals surface area contributed by atoms with E-state index in [2.05, 4.69) is 25.2 Å². The lowest BCUT2D eigenvalue weighted by Crippen LogP contribution is -2.51. The van der Waals surface area contributed by atoms with E-state index in [1.807, 2.05) is 29.2 Å². The van der Waals surface area contributed by atoms with Crippen LogP contribution in [0.4, 0.5) is 11.5 Å². The van der Waals surface area contributed by atoms with E-state index in [1.165, 1.54) is 6.33 Å². The summed E-state index contributed by atoms with van der Waals surface area (Å²) in [5.74, 6) is 1.48. The van der Waals surface area contributed by atoms with Crippen LogP contribution in [-0.4, -0.2) is 76.3 Å². The van der Waals surface area contributed by atoms with Crippen LogP contribution in [0.1, 0.15) is 18.4 Å². The summed E-state index contributed by atoms with van der Waals surface area (Å²) in [7, 11) is 0. The van der Waals surface area contributed by atoms with Gasteiger partial charge in [-0.1, -0.05) is 11.6 Å². The molecule has 0 radical (unpaired) electrons. The van der Waals surface area contributed by atoms with Crippen LogP contribution in [0, 0.1) is 0 Å². The number of fused-ring (bicyclic) bond motifs is 3. The number of hydrogen-bond acceptors (Lipinski definition) is 8.